The van der Waals surface area contributed by atoms with Crippen LogP contribution in [0.25, 0.3) is 0 Å². The van der Waals surface area contributed by atoms with Crippen molar-refractivity contribution < 1.29 is 4.74 Å². The van der Waals surface area contributed by atoms with Gasteiger partial charge in [-0.15, -0.1) is 0 Å². The predicted octanol–water partition coefficient (Wildman–Crippen LogP) is 3.50. The van der Waals surface area contributed by atoms with Gasteiger partial charge in [-0.25, -0.2) is 0 Å². The zero-order valence-electron chi connectivity index (χ0n) is 12.0. The fraction of sp³-hybridized carbons (Fsp3) is 0.625. The molecule has 0 bridgehead atoms. The van der Waals surface area contributed by atoms with Gasteiger partial charge in [-0.05, 0) is 43.2 Å². The van der Waals surface area contributed by atoms with Crippen LogP contribution in [0.3, 0.4) is 0 Å². The lowest BCUT2D eigenvalue weighted by Gasteiger charge is -2.30. The number of nitrogens with one attached hydrogen (secondary N) is 1. The fourth-order valence-electron chi connectivity index (χ4n) is 2.79. The van der Waals surface area contributed by atoms with Gasteiger partial charge in [0.2, 0.25) is 0 Å². The van der Waals surface area contributed by atoms with E-state index >= 15 is 0 Å². The van der Waals surface area contributed by atoms with E-state index in [1.807, 2.05) is 6.07 Å². The third-order valence-electron chi connectivity index (χ3n) is 3.76. The first kappa shape index (κ1) is 14.7. The highest BCUT2D eigenvalue weighted by atomic mass is 32.2. The number of likely N-dealkylation sites (N-methyl/N-ethyl adjacent to an activating group) is 1. The molecule has 1 aromatic rings. The molecule has 0 radical (unpaired) electrons. The Morgan fingerprint density at radius 1 is 1.37 bits per heavy atom. The topological polar surface area (TPSA) is 21.3 Å². The number of rotatable bonds is 6. The van der Waals surface area contributed by atoms with Crippen molar-refractivity contribution in [3.05, 3.63) is 29.8 Å². The van der Waals surface area contributed by atoms with Crippen molar-refractivity contribution in [3.63, 3.8) is 0 Å². The van der Waals surface area contributed by atoms with Crippen LogP contribution in [-0.2, 0) is 6.42 Å². The molecule has 1 aromatic carbocycles. The van der Waals surface area contributed by atoms with Gasteiger partial charge in [0.1, 0.15) is 5.75 Å². The smallest absolute Gasteiger partial charge is 0.122 e. The van der Waals surface area contributed by atoms with Gasteiger partial charge in [0.15, 0.2) is 0 Å². The molecule has 19 heavy (non-hydrogen) atoms. The zero-order chi connectivity index (χ0) is 13.5. The molecule has 0 aromatic heterocycles. The van der Waals surface area contributed by atoms with Gasteiger partial charge in [-0.3, -0.25) is 0 Å². The van der Waals surface area contributed by atoms with E-state index in [1.54, 1.807) is 7.11 Å². The van der Waals surface area contributed by atoms with E-state index in [2.05, 4.69) is 42.2 Å². The maximum absolute atomic E-state index is 5.48. The summed E-state index contributed by atoms with van der Waals surface area (Å²) in [6.45, 7) is 3.24. The Hall–Kier alpha value is -0.670. The molecule has 1 heterocycles. The number of thioether (sulfide) groups is 1. The summed E-state index contributed by atoms with van der Waals surface area (Å²) in [7, 11) is 1.76. The molecule has 1 saturated heterocycles. The molecule has 0 amide bonds. The zero-order valence-corrected chi connectivity index (χ0v) is 12.8. The maximum atomic E-state index is 5.48. The van der Waals surface area contributed by atoms with Crippen LogP contribution in [0.4, 0.5) is 0 Å². The third-order valence-corrected chi connectivity index (χ3v) is 5.28. The van der Waals surface area contributed by atoms with E-state index in [0.29, 0.717) is 6.04 Å². The fourth-order valence-corrected chi connectivity index (χ4v) is 4.22. The molecule has 0 aliphatic carbocycles. The van der Waals surface area contributed by atoms with Crippen LogP contribution in [0.5, 0.6) is 5.75 Å². The number of benzene rings is 1. The minimum absolute atomic E-state index is 0.562. The van der Waals surface area contributed by atoms with Crippen molar-refractivity contribution in [1.29, 1.82) is 0 Å². The molecule has 0 saturated carbocycles. The SMILES string of the molecule is CCNC(Cc1ccccc1OC)C1CCCCS1. The first-order valence-electron chi connectivity index (χ1n) is 7.32. The molecule has 1 fully saturated rings. The van der Waals surface area contributed by atoms with Crippen LogP contribution in [0, 0.1) is 0 Å². The summed E-state index contributed by atoms with van der Waals surface area (Å²) in [4.78, 5) is 0. The molecule has 3 heteroatoms. The number of hydrogen-bond donors (Lipinski definition) is 1. The van der Waals surface area contributed by atoms with Gasteiger partial charge in [-0.2, -0.15) is 11.8 Å². The van der Waals surface area contributed by atoms with Crippen molar-refractivity contribution in [2.24, 2.45) is 0 Å². The summed E-state index contributed by atoms with van der Waals surface area (Å²) in [6.07, 6.45) is 5.17. The summed E-state index contributed by atoms with van der Waals surface area (Å²) < 4.78 is 5.48. The summed E-state index contributed by atoms with van der Waals surface area (Å²) >= 11 is 2.14. The lowest BCUT2D eigenvalue weighted by molar-refractivity contribution is 0.402. The normalized spacial score (nSPS) is 21.1. The van der Waals surface area contributed by atoms with Crippen molar-refractivity contribution in [2.75, 3.05) is 19.4 Å². The molecule has 2 nitrogen and oxygen atoms in total. The van der Waals surface area contributed by atoms with Gasteiger partial charge in [0.05, 0.1) is 7.11 Å². The van der Waals surface area contributed by atoms with E-state index in [-0.39, 0.29) is 0 Å². The first-order chi connectivity index (χ1) is 9.35. The highest BCUT2D eigenvalue weighted by molar-refractivity contribution is 8.00. The molecule has 2 rings (SSSR count). The van der Waals surface area contributed by atoms with E-state index < -0.39 is 0 Å². The number of para-hydroxylation sites is 1. The van der Waals surface area contributed by atoms with Gasteiger partial charge in [-0.1, -0.05) is 31.5 Å². The Balaban J connectivity index is 2.06. The highest BCUT2D eigenvalue weighted by Gasteiger charge is 2.24. The Kier molecular flexibility index (Phi) is 6.05. The van der Waals surface area contributed by atoms with Crippen molar-refractivity contribution in [2.45, 2.75) is 43.9 Å². The quantitative estimate of drug-likeness (QED) is 0.861. The first-order valence-corrected chi connectivity index (χ1v) is 8.37. The third kappa shape index (κ3) is 4.15. The van der Waals surface area contributed by atoms with Crippen molar-refractivity contribution in [3.8, 4) is 5.75 Å². The standard InChI is InChI=1S/C16H25NOS/c1-3-17-14(16-10-6-7-11-19-16)12-13-8-4-5-9-15(13)18-2/h4-5,8-9,14,16-17H,3,6-7,10-12H2,1-2H3. The molecule has 1 aliphatic heterocycles. The van der Waals surface area contributed by atoms with Crippen molar-refractivity contribution in [1.82, 2.24) is 5.32 Å². The molecule has 0 spiro atoms. The molecule has 2 atom stereocenters. The molecule has 1 N–H and O–H groups in total. The molecular weight excluding hydrogens is 254 g/mol. The van der Waals surface area contributed by atoms with Gasteiger partial charge in [0, 0.05) is 11.3 Å². The second-order valence-electron chi connectivity index (χ2n) is 5.09. The number of methoxy groups -OCH3 is 1. The molecule has 1 aliphatic rings. The lowest BCUT2D eigenvalue weighted by Crippen LogP contribution is -2.41. The minimum Gasteiger partial charge on any atom is -0.496 e. The van der Waals surface area contributed by atoms with Gasteiger partial charge in [0.25, 0.3) is 0 Å². The van der Waals surface area contributed by atoms with Crippen LogP contribution in [0.1, 0.15) is 31.7 Å². The number of hydrogen-bond acceptors (Lipinski definition) is 3. The summed E-state index contributed by atoms with van der Waals surface area (Å²) in [5.41, 5.74) is 1.32. The Morgan fingerprint density at radius 2 is 2.21 bits per heavy atom. The predicted molar refractivity (Wildman–Crippen MR) is 84.3 cm³/mol. The van der Waals surface area contributed by atoms with Crippen LogP contribution in [0.15, 0.2) is 24.3 Å². The monoisotopic (exact) mass is 279 g/mol. The van der Waals surface area contributed by atoms with Gasteiger partial charge < -0.3 is 10.1 Å². The summed E-state index contributed by atoms with van der Waals surface area (Å²) in [6, 6.07) is 8.96. The van der Waals surface area contributed by atoms with Crippen molar-refractivity contribution >= 4 is 11.8 Å². The lowest BCUT2D eigenvalue weighted by atomic mass is 9.99. The van der Waals surface area contributed by atoms with E-state index in [4.69, 9.17) is 4.74 Å². The average Bonchev–Trinajstić information content (AvgIpc) is 2.48. The van der Waals surface area contributed by atoms with Gasteiger partial charge >= 0.3 is 0 Å². The average molecular weight is 279 g/mol. The maximum Gasteiger partial charge on any atom is 0.122 e. The van der Waals surface area contributed by atoms with Crippen LogP contribution < -0.4 is 10.1 Å². The Morgan fingerprint density at radius 3 is 2.89 bits per heavy atom. The minimum atomic E-state index is 0.562. The number of ether oxygens (including phenoxy) is 1. The van der Waals surface area contributed by atoms with E-state index in [1.165, 1.54) is 30.6 Å². The van der Waals surface area contributed by atoms with E-state index in [0.717, 1.165) is 24.0 Å². The molecular formula is C16H25NOS. The second-order valence-corrected chi connectivity index (χ2v) is 6.43. The summed E-state index contributed by atoms with van der Waals surface area (Å²) in [5.74, 6) is 2.34. The molecule has 106 valence electrons. The van der Waals surface area contributed by atoms with Crippen LogP contribution in [0.2, 0.25) is 0 Å². The van der Waals surface area contributed by atoms with Crippen LogP contribution >= 0.6 is 11.8 Å². The Bertz CT molecular complexity index is 377. The Labute approximate surface area is 121 Å². The van der Waals surface area contributed by atoms with E-state index in [9.17, 15) is 0 Å². The van der Waals surface area contributed by atoms with Crippen LogP contribution in [-0.4, -0.2) is 30.7 Å². The molecule has 2 unspecified atom stereocenters. The summed E-state index contributed by atoms with van der Waals surface area (Å²) in [5, 5.41) is 4.42. The second kappa shape index (κ2) is 7.81. The highest BCUT2D eigenvalue weighted by Crippen LogP contribution is 2.30. The largest absolute Gasteiger partial charge is 0.496 e.